The van der Waals surface area contributed by atoms with Crippen LogP contribution in [0, 0.1) is 17.0 Å². The molecule has 1 unspecified atom stereocenters. The van der Waals surface area contributed by atoms with Gasteiger partial charge in [-0.05, 0) is 35.6 Å². The second kappa shape index (κ2) is 8.13. The molecule has 25 heavy (non-hydrogen) atoms. The molecule has 0 fully saturated rings. The monoisotopic (exact) mass is 383 g/mol. The van der Waals surface area contributed by atoms with Crippen LogP contribution >= 0.6 is 23.2 Å². The topological polar surface area (TPSA) is 87.3 Å². The molecule has 132 valence electrons. The summed E-state index contributed by atoms with van der Waals surface area (Å²) < 4.78 is 6.62. The van der Waals surface area contributed by atoms with Crippen molar-refractivity contribution in [1.29, 1.82) is 0 Å². The average Bonchev–Trinajstić information content (AvgIpc) is 2.87. The number of aromatic nitrogens is 2. The van der Waals surface area contributed by atoms with Gasteiger partial charge in [0.2, 0.25) is 0 Å². The highest BCUT2D eigenvalue weighted by atomic mass is 35.5. The fourth-order valence-electron chi connectivity index (χ4n) is 2.15. The molecule has 7 nitrogen and oxygen atoms in total. The Labute approximate surface area is 154 Å². The maximum atomic E-state index is 11.9. The quantitative estimate of drug-likeness (QED) is 0.325. The Morgan fingerprint density at radius 2 is 2.20 bits per heavy atom. The summed E-state index contributed by atoms with van der Waals surface area (Å²) in [7, 11) is 0. The maximum Gasteiger partial charge on any atom is 0.342 e. The molecule has 1 aromatic carbocycles. The van der Waals surface area contributed by atoms with E-state index in [1.807, 2.05) is 0 Å². The summed E-state index contributed by atoms with van der Waals surface area (Å²) in [6, 6.07) is 4.90. The number of benzene rings is 1. The maximum absolute atomic E-state index is 11.9. The third-order valence-corrected chi connectivity index (χ3v) is 3.90. The summed E-state index contributed by atoms with van der Waals surface area (Å²) in [5.74, 6) is -0.263. The van der Waals surface area contributed by atoms with Gasteiger partial charge in [-0.25, -0.2) is 14.3 Å². The van der Waals surface area contributed by atoms with Gasteiger partial charge < -0.3 is 14.9 Å². The van der Waals surface area contributed by atoms with Gasteiger partial charge in [0.1, 0.15) is 18.8 Å². The molecular weight excluding hydrogens is 369 g/mol. The molecule has 0 bridgehead atoms. The zero-order valence-electron chi connectivity index (χ0n) is 13.5. The number of carbonyl (C=O) groups is 1. The lowest BCUT2D eigenvalue weighted by Crippen LogP contribution is -2.21. The fourth-order valence-corrected chi connectivity index (χ4v) is 2.63. The van der Waals surface area contributed by atoms with Crippen LogP contribution in [0.5, 0.6) is 0 Å². The summed E-state index contributed by atoms with van der Waals surface area (Å²) >= 11 is 11.8. The lowest BCUT2D eigenvalue weighted by molar-refractivity contribution is -0.392. The second-order valence-corrected chi connectivity index (χ2v) is 6.12. The van der Waals surface area contributed by atoms with E-state index in [9.17, 15) is 14.9 Å². The first-order valence-electron chi connectivity index (χ1n) is 7.28. The van der Waals surface area contributed by atoms with Crippen LogP contribution in [0.25, 0.3) is 6.08 Å². The van der Waals surface area contributed by atoms with Crippen LogP contribution in [0.15, 0.2) is 30.5 Å². The Kier molecular flexibility index (Phi) is 6.17. The molecule has 2 aromatic rings. The molecule has 0 spiro atoms. The number of carbonyl (C=O) groups excluding carboxylic acids is 1. The van der Waals surface area contributed by atoms with Gasteiger partial charge in [-0.2, -0.15) is 0 Å². The number of rotatable bonds is 6. The van der Waals surface area contributed by atoms with E-state index >= 15 is 0 Å². The molecule has 9 heteroatoms. The molecule has 0 aliphatic carbocycles. The van der Waals surface area contributed by atoms with E-state index in [4.69, 9.17) is 27.9 Å². The van der Waals surface area contributed by atoms with Crippen molar-refractivity contribution in [2.45, 2.75) is 26.5 Å². The number of nitrogens with zero attached hydrogens (tertiary/aromatic N) is 3. The van der Waals surface area contributed by atoms with Crippen LogP contribution in [0.4, 0.5) is 5.82 Å². The SMILES string of the molecule is Cc1ncc([N+](=O)[O-])n1CC(C)OC(=O)/C=C/c1ccc(Cl)cc1Cl. The number of ether oxygens (including phenoxy) is 1. The minimum absolute atomic E-state index is 0.128. The molecule has 1 aromatic heterocycles. The van der Waals surface area contributed by atoms with Crippen molar-refractivity contribution in [1.82, 2.24) is 9.55 Å². The van der Waals surface area contributed by atoms with Crippen LogP contribution in [0.1, 0.15) is 18.3 Å². The lowest BCUT2D eigenvalue weighted by atomic mass is 10.2. The number of aryl methyl sites for hydroxylation is 1. The Morgan fingerprint density at radius 1 is 1.48 bits per heavy atom. The summed E-state index contributed by atoms with van der Waals surface area (Å²) in [6.07, 6.45) is 3.34. The standard InChI is InChI=1S/C16H15Cl2N3O4/c1-10(9-20-11(2)19-8-15(20)21(23)24)25-16(22)6-4-12-3-5-13(17)7-14(12)18/h3-8,10H,9H2,1-2H3/b6-4+. The minimum atomic E-state index is -0.584. The van der Waals surface area contributed by atoms with Crippen LogP contribution in [0.3, 0.4) is 0 Å². The first-order valence-corrected chi connectivity index (χ1v) is 8.03. The van der Waals surface area contributed by atoms with Crippen molar-refractivity contribution < 1.29 is 14.5 Å². The molecule has 0 radical (unpaired) electrons. The molecule has 0 saturated carbocycles. The van der Waals surface area contributed by atoms with Gasteiger partial charge in [0.05, 0.1) is 0 Å². The van der Waals surface area contributed by atoms with E-state index in [2.05, 4.69) is 4.98 Å². The molecule has 0 aliphatic heterocycles. The van der Waals surface area contributed by atoms with Gasteiger partial charge in [-0.1, -0.05) is 29.3 Å². The Bertz CT molecular complexity index is 833. The highest BCUT2D eigenvalue weighted by Gasteiger charge is 2.21. The zero-order chi connectivity index (χ0) is 18.6. The van der Waals surface area contributed by atoms with Crippen LogP contribution < -0.4 is 0 Å². The van der Waals surface area contributed by atoms with Gasteiger partial charge in [0.25, 0.3) is 0 Å². The summed E-state index contributed by atoms with van der Waals surface area (Å²) in [4.78, 5) is 26.2. The minimum Gasteiger partial charge on any atom is -0.455 e. The lowest BCUT2D eigenvalue weighted by Gasteiger charge is -2.11. The van der Waals surface area contributed by atoms with Crippen LogP contribution in [0.2, 0.25) is 10.0 Å². The van der Waals surface area contributed by atoms with Gasteiger partial charge >= 0.3 is 11.8 Å². The Balaban J connectivity index is 2.00. The zero-order valence-corrected chi connectivity index (χ0v) is 15.0. The summed E-state index contributed by atoms with van der Waals surface area (Å²) in [6.45, 7) is 3.41. The average molecular weight is 384 g/mol. The molecule has 0 amide bonds. The van der Waals surface area contributed by atoms with Crippen molar-refractivity contribution in [3.63, 3.8) is 0 Å². The number of nitro groups is 1. The number of halogens is 2. The van der Waals surface area contributed by atoms with Gasteiger partial charge in [-0.15, -0.1) is 0 Å². The predicted octanol–water partition coefficient (Wildman–Crippen LogP) is 4.05. The second-order valence-electron chi connectivity index (χ2n) is 5.28. The normalized spacial score (nSPS) is 12.3. The van der Waals surface area contributed by atoms with E-state index < -0.39 is 17.0 Å². The summed E-state index contributed by atoms with van der Waals surface area (Å²) in [5.41, 5.74) is 0.622. The van der Waals surface area contributed by atoms with Crippen LogP contribution in [-0.2, 0) is 16.1 Å². The van der Waals surface area contributed by atoms with Crippen molar-refractivity contribution in [3.8, 4) is 0 Å². The largest absolute Gasteiger partial charge is 0.455 e. The van der Waals surface area contributed by atoms with Crippen molar-refractivity contribution in [2.24, 2.45) is 0 Å². The third-order valence-electron chi connectivity index (χ3n) is 3.34. The Hall–Kier alpha value is -2.38. The third kappa shape index (κ3) is 5.04. The molecule has 1 atom stereocenters. The highest BCUT2D eigenvalue weighted by Crippen LogP contribution is 2.22. The number of imidazole rings is 1. The van der Waals surface area contributed by atoms with E-state index in [-0.39, 0.29) is 12.4 Å². The van der Waals surface area contributed by atoms with Crippen molar-refractivity contribution in [3.05, 3.63) is 62.0 Å². The van der Waals surface area contributed by atoms with E-state index in [0.717, 1.165) is 0 Å². The molecule has 1 heterocycles. The highest BCUT2D eigenvalue weighted by molar-refractivity contribution is 6.35. The molecule has 0 saturated heterocycles. The van der Waals surface area contributed by atoms with E-state index in [0.29, 0.717) is 21.4 Å². The van der Waals surface area contributed by atoms with E-state index in [1.165, 1.54) is 22.9 Å². The fraction of sp³-hybridized carbons (Fsp3) is 0.250. The first-order chi connectivity index (χ1) is 11.8. The Morgan fingerprint density at radius 3 is 2.84 bits per heavy atom. The van der Waals surface area contributed by atoms with Crippen LogP contribution in [-0.4, -0.2) is 26.5 Å². The first kappa shape index (κ1) is 19.0. The molecule has 2 rings (SSSR count). The van der Waals surface area contributed by atoms with E-state index in [1.54, 1.807) is 32.0 Å². The molecular formula is C16H15Cl2N3O4. The van der Waals surface area contributed by atoms with Gasteiger partial charge in [0, 0.05) is 23.0 Å². The van der Waals surface area contributed by atoms with Gasteiger partial charge in [-0.3, -0.25) is 0 Å². The smallest absolute Gasteiger partial charge is 0.342 e. The molecule has 0 aliphatic rings. The molecule has 0 N–H and O–H groups in total. The number of hydrogen-bond donors (Lipinski definition) is 0. The number of esters is 1. The van der Waals surface area contributed by atoms with Gasteiger partial charge in [0.15, 0.2) is 5.82 Å². The predicted molar refractivity (Wildman–Crippen MR) is 94.7 cm³/mol. The number of hydrogen-bond acceptors (Lipinski definition) is 5. The van der Waals surface area contributed by atoms with Crippen molar-refractivity contribution >= 4 is 41.1 Å². The van der Waals surface area contributed by atoms with Crippen molar-refractivity contribution in [2.75, 3.05) is 0 Å². The summed E-state index contributed by atoms with van der Waals surface area (Å²) in [5, 5.41) is 11.9.